The van der Waals surface area contributed by atoms with Gasteiger partial charge in [-0.15, -0.1) is 11.3 Å². The fourth-order valence-corrected chi connectivity index (χ4v) is 3.15. The maximum Gasteiger partial charge on any atom is 0.328 e. The van der Waals surface area contributed by atoms with E-state index >= 15 is 0 Å². The van der Waals surface area contributed by atoms with Gasteiger partial charge in [-0.05, 0) is 18.1 Å². The van der Waals surface area contributed by atoms with Crippen molar-refractivity contribution in [3.63, 3.8) is 0 Å². The predicted molar refractivity (Wildman–Crippen MR) is 103 cm³/mol. The fourth-order valence-electron chi connectivity index (χ4n) is 2.35. The van der Waals surface area contributed by atoms with Crippen LogP contribution in [0.3, 0.4) is 0 Å². The number of carbonyl (C=O) groups excluding carboxylic acids is 3. The highest BCUT2D eigenvalue weighted by molar-refractivity contribution is 7.13. The van der Waals surface area contributed by atoms with Gasteiger partial charge in [0.05, 0.1) is 24.9 Å². The van der Waals surface area contributed by atoms with Crippen molar-refractivity contribution in [2.75, 3.05) is 13.7 Å². The number of rotatable bonds is 9. The average Bonchev–Trinajstić information content (AvgIpc) is 3.18. The predicted octanol–water partition coefficient (Wildman–Crippen LogP) is 1.99. The van der Waals surface area contributed by atoms with E-state index in [4.69, 9.17) is 9.47 Å². The molecule has 2 aromatic rings. The smallest absolute Gasteiger partial charge is 0.328 e. The zero-order valence-electron chi connectivity index (χ0n) is 16.0. The van der Waals surface area contributed by atoms with Crippen LogP contribution in [0.4, 0.5) is 0 Å². The third-order valence-electron chi connectivity index (χ3n) is 4.11. The van der Waals surface area contributed by atoms with E-state index in [1.807, 2.05) is 32.0 Å². The summed E-state index contributed by atoms with van der Waals surface area (Å²) in [5, 5.41) is 5.01. The topological polar surface area (TPSA) is 107 Å². The van der Waals surface area contributed by atoms with Crippen molar-refractivity contribution in [1.82, 2.24) is 15.3 Å². The number of nitrogens with zero attached hydrogens (tertiary/aromatic N) is 2. The molecule has 2 unspecified atom stereocenters. The van der Waals surface area contributed by atoms with Crippen LogP contribution in [0.25, 0.3) is 10.7 Å². The lowest BCUT2D eigenvalue weighted by molar-refractivity contribution is -0.150. The van der Waals surface area contributed by atoms with Crippen molar-refractivity contribution in [2.45, 2.75) is 32.7 Å². The van der Waals surface area contributed by atoms with E-state index in [9.17, 15) is 14.4 Å². The Bertz CT molecular complexity index is 809. The molecule has 28 heavy (non-hydrogen) atoms. The monoisotopic (exact) mass is 405 g/mol. The third kappa shape index (κ3) is 6.12. The Morgan fingerprint density at radius 1 is 1.29 bits per heavy atom. The first-order valence-corrected chi connectivity index (χ1v) is 9.71. The minimum atomic E-state index is -0.777. The molecule has 1 N–H and O–H groups in total. The second kappa shape index (κ2) is 10.5. The third-order valence-corrected chi connectivity index (χ3v) is 5.02. The van der Waals surface area contributed by atoms with Crippen molar-refractivity contribution in [1.29, 1.82) is 0 Å². The Labute approximate surface area is 167 Å². The molecule has 0 aliphatic heterocycles. The first-order valence-electron chi connectivity index (χ1n) is 8.83. The van der Waals surface area contributed by atoms with Crippen molar-refractivity contribution in [3.8, 4) is 10.7 Å². The van der Waals surface area contributed by atoms with Crippen LogP contribution >= 0.6 is 11.3 Å². The Morgan fingerprint density at radius 2 is 2.07 bits per heavy atom. The van der Waals surface area contributed by atoms with Gasteiger partial charge in [0.25, 0.3) is 5.91 Å². The molecule has 0 aliphatic carbocycles. The standard InChI is InChI=1S/C19H23N3O5S/c1-4-12(2)17(19(25)26-3)22-15(23)10-27-16(24)9-13-11-28-18(21-13)14-7-5-6-8-20-14/h5-8,11-12,17H,4,9-10H2,1-3H3,(H,22,23). The molecular formula is C19H23N3O5S. The number of hydrogen-bond acceptors (Lipinski definition) is 8. The zero-order chi connectivity index (χ0) is 20.5. The van der Waals surface area contributed by atoms with Crippen LogP contribution in [0.5, 0.6) is 0 Å². The van der Waals surface area contributed by atoms with Gasteiger partial charge in [-0.2, -0.15) is 0 Å². The van der Waals surface area contributed by atoms with Gasteiger partial charge in [-0.3, -0.25) is 14.6 Å². The normalized spacial score (nSPS) is 12.7. The highest BCUT2D eigenvalue weighted by atomic mass is 32.1. The molecule has 2 atom stereocenters. The minimum Gasteiger partial charge on any atom is -0.467 e. The molecule has 0 saturated carbocycles. The van der Waals surface area contributed by atoms with Gasteiger partial charge in [0.1, 0.15) is 11.0 Å². The molecule has 0 aromatic carbocycles. The molecule has 2 rings (SSSR count). The van der Waals surface area contributed by atoms with Crippen LogP contribution in [-0.4, -0.2) is 47.6 Å². The molecule has 0 spiro atoms. The van der Waals surface area contributed by atoms with E-state index in [1.54, 1.807) is 11.6 Å². The van der Waals surface area contributed by atoms with Gasteiger partial charge >= 0.3 is 11.9 Å². The lowest BCUT2D eigenvalue weighted by Crippen LogP contribution is -2.47. The summed E-state index contributed by atoms with van der Waals surface area (Å²) in [6.45, 7) is 3.26. The molecule has 0 bridgehead atoms. The zero-order valence-corrected chi connectivity index (χ0v) is 16.8. The molecule has 9 heteroatoms. The van der Waals surface area contributed by atoms with E-state index in [0.717, 1.165) is 5.69 Å². The molecule has 1 amide bonds. The van der Waals surface area contributed by atoms with E-state index < -0.39 is 30.5 Å². The molecule has 2 aromatic heterocycles. The highest BCUT2D eigenvalue weighted by Crippen LogP contribution is 2.21. The number of hydrogen-bond donors (Lipinski definition) is 1. The lowest BCUT2D eigenvalue weighted by Gasteiger charge is -2.21. The number of methoxy groups -OCH3 is 1. The summed E-state index contributed by atoms with van der Waals surface area (Å²) in [7, 11) is 1.26. The Kier molecular flexibility index (Phi) is 8.06. The van der Waals surface area contributed by atoms with Crippen molar-refractivity contribution in [2.24, 2.45) is 5.92 Å². The first kappa shape index (κ1) is 21.5. The minimum absolute atomic E-state index is 0.0532. The Morgan fingerprint density at radius 3 is 2.71 bits per heavy atom. The number of ether oxygens (including phenoxy) is 2. The van der Waals surface area contributed by atoms with Crippen molar-refractivity contribution in [3.05, 3.63) is 35.5 Å². The summed E-state index contributed by atoms with van der Waals surface area (Å²) in [4.78, 5) is 44.4. The number of aromatic nitrogens is 2. The molecule has 0 fully saturated rings. The second-order valence-corrected chi connectivity index (χ2v) is 7.01. The molecule has 0 aliphatic rings. The van der Waals surface area contributed by atoms with Gasteiger partial charge in [-0.1, -0.05) is 26.3 Å². The molecule has 0 saturated heterocycles. The van der Waals surface area contributed by atoms with Crippen LogP contribution < -0.4 is 5.32 Å². The lowest BCUT2D eigenvalue weighted by atomic mass is 9.99. The van der Waals surface area contributed by atoms with E-state index in [2.05, 4.69) is 15.3 Å². The summed E-state index contributed by atoms with van der Waals surface area (Å²) in [6.07, 6.45) is 2.30. The SMILES string of the molecule is CCC(C)C(NC(=O)COC(=O)Cc1csc(-c2ccccn2)n1)C(=O)OC. The maximum atomic E-state index is 12.0. The molecule has 150 valence electrons. The maximum absolute atomic E-state index is 12.0. The summed E-state index contributed by atoms with van der Waals surface area (Å²) in [6, 6.07) is 4.73. The number of carbonyl (C=O) groups is 3. The second-order valence-electron chi connectivity index (χ2n) is 6.15. The number of esters is 2. The van der Waals surface area contributed by atoms with Crippen molar-refractivity contribution < 1.29 is 23.9 Å². The Balaban J connectivity index is 1.84. The summed E-state index contributed by atoms with van der Waals surface area (Å²) in [5.41, 5.74) is 1.27. The van der Waals surface area contributed by atoms with Crippen LogP contribution in [0, 0.1) is 5.92 Å². The fraction of sp³-hybridized carbons (Fsp3) is 0.421. The number of pyridine rings is 1. The van der Waals surface area contributed by atoms with Crippen LogP contribution in [0.2, 0.25) is 0 Å². The molecule has 0 radical (unpaired) electrons. The van der Waals surface area contributed by atoms with Crippen LogP contribution in [0.1, 0.15) is 26.0 Å². The number of amides is 1. The molecular weight excluding hydrogens is 382 g/mol. The summed E-state index contributed by atoms with van der Waals surface area (Å²) < 4.78 is 9.70. The number of thiazole rings is 1. The van der Waals surface area contributed by atoms with Crippen molar-refractivity contribution >= 4 is 29.2 Å². The van der Waals surface area contributed by atoms with Gasteiger partial charge in [-0.25, -0.2) is 9.78 Å². The van der Waals surface area contributed by atoms with Crippen LogP contribution in [-0.2, 0) is 30.3 Å². The van der Waals surface area contributed by atoms with Gasteiger partial charge in [0, 0.05) is 11.6 Å². The van der Waals surface area contributed by atoms with Gasteiger partial charge < -0.3 is 14.8 Å². The number of nitrogens with one attached hydrogen (secondary N) is 1. The quantitative estimate of drug-likeness (QED) is 0.636. The summed E-state index contributed by atoms with van der Waals surface area (Å²) in [5.74, 6) is -1.77. The van der Waals surface area contributed by atoms with Gasteiger partial charge in [0.15, 0.2) is 6.61 Å². The summed E-state index contributed by atoms with van der Waals surface area (Å²) >= 11 is 1.38. The van der Waals surface area contributed by atoms with E-state index in [1.165, 1.54) is 18.4 Å². The average molecular weight is 405 g/mol. The first-order chi connectivity index (χ1) is 13.4. The van der Waals surface area contributed by atoms with Crippen LogP contribution in [0.15, 0.2) is 29.8 Å². The molecule has 2 heterocycles. The Hall–Kier alpha value is -2.81. The highest BCUT2D eigenvalue weighted by Gasteiger charge is 2.27. The molecule has 8 nitrogen and oxygen atoms in total. The van der Waals surface area contributed by atoms with E-state index in [-0.39, 0.29) is 12.3 Å². The van der Waals surface area contributed by atoms with E-state index in [0.29, 0.717) is 17.1 Å². The van der Waals surface area contributed by atoms with Gasteiger partial charge in [0.2, 0.25) is 0 Å². The largest absolute Gasteiger partial charge is 0.467 e.